The number of likely N-dealkylation sites (tertiary alicyclic amines) is 1. The van der Waals surface area contributed by atoms with E-state index in [0.717, 1.165) is 51.4 Å². The lowest BCUT2D eigenvalue weighted by Crippen LogP contribution is -2.23. The van der Waals surface area contributed by atoms with Gasteiger partial charge in [-0.15, -0.1) is 0 Å². The highest BCUT2D eigenvalue weighted by Gasteiger charge is 2.25. The molecule has 2 unspecified atom stereocenters. The first-order valence-electron chi connectivity index (χ1n) is 8.17. The molecule has 0 radical (unpaired) electrons. The Balaban J connectivity index is 0.000000774. The molecule has 0 bridgehead atoms. The molecular formula is C17H28N2O2. The summed E-state index contributed by atoms with van der Waals surface area (Å²) in [5, 5.41) is 9.63. The molecule has 1 N–H and O–H groups in total. The molecule has 3 rings (SSSR count). The molecule has 21 heavy (non-hydrogen) atoms. The number of ether oxygens (including phenoxy) is 1. The minimum absolute atomic E-state index is 0.164. The van der Waals surface area contributed by atoms with E-state index in [4.69, 9.17) is 9.72 Å². The number of β-amino-alcohol motifs (C(OH)–C–C–N with tert-alkyl or cyclic N) is 1. The Hall–Kier alpha value is -0.970. The van der Waals surface area contributed by atoms with Crippen LogP contribution in [0.5, 0.6) is 0 Å². The van der Waals surface area contributed by atoms with Gasteiger partial charge in [0.2, 0.25) is 0 Å². The van der Waals surface area contributed by atoms with Crippen LogP contribution in [0.4, 0.5) is 0 Å². The van der Waals surface area contributed by atoms with Crippen LogP contribution in [0.1, 0.15) is 49.6 Å². The fraction of sp³-hybridized carbons (Fsp3) is 0.706. The number of hydrogen-bond donors (Lipinski definition) is 1. The average Bonchev–Trinajstić information content (AvgIpc) is 3.13. The van der Waals surface area contributed by atoms with Gasteiger partial charge in [0.25, 0.3) is 0 Å². The van der Waals surface area contributed by atoms with Crippen LogP contribution in [-0.2, 0) is 11.3 Å². The largest absolute Gasteiger partial charge is 0.392 e. The molecule has 4 heteroatoms. The molecule has 0 aromatic carbocycles. The Morgan fingerprint density at radius 3 is 2.76 bits per heavy atom. The fourth-order valence-corrected chi connectivity index (χ4v) is 3.07. The van der Waals surface area contributed by atoms with Crippen molar-refractivity contribution in [1.82, 2.24) is 9.88 Å². The zero-order valence-electron chi connectivity index (χ0n) is 13.5. The topological polar surface area (TPSA) is 45.6 Å². The number of aliphatic hydroxyl groups excluding tert-OH is 1. The zero-order chi connectivity index (χ0) is 15.2. The Labute approximate surface area is 128 Å². The summed E-state index contributed by atoms with van der Waals surface area (Å²) in [4.78, 5) is 7.02. The number of hydrogen-bond acceptors (Lipinski definition) is 4. The maximum Gasteiger partial charge on any atom is 0.0679 e. The third-order valence-corrected chi connectivity index (χ3v) is 4.14. The van der Waals surface area contributed by atoms with Crippen molar-refractivity contribution in [1.29, 1.82) is 0 Å². The van der Waals surface area contributed by atoms with Gasteiger partial charge in [-0.3, -0.25) is 9.88 Å². The standard InChI is InChI=1S/C15H22N2O2.C2H6/c1-11-2-3-14(12-5-7-19-10-12)15(16-11)9-17-6-4-13(18)8-17;1-2/h2-3,12-13,18H,4-10H2,1H3;1-2H3. The second kappa shape index (κ2) is 7.87. The number of aromatic nitrogens is 1. The summed E-state index contributed by atoms with van der Waals surface area (Å²) in [5.41, 5.74) is 3.58. The monoisotopic (exact) mass is 292 g/mol. The Kier molecular flexibility index (Phi) is 6.15. The van der Waals surface area contributed by atoms with E-state index in [1.807, 2.05) is 20.8 Å². The summed E-state index contributed by atoms with van der Waals surface area (Å²) >= 11 is 0. The number of nitrogens with zero attached hydrogens (tertiary/aromatic N) is 2. The molecule has 0 amide bonds. The van der Waals surface area contributed by atoms with Gasteiger partial charge in [0.1, 0.15) is 0 Å². The van der Waals surface area contributed by atoms with E-state index in [0.29, 0.717) is 5.92 Å². The van der Waals surface area contributed by atoms with E-state index >= 15 is 0 Å². The molecule has 2 aliphatic rings. The molecular weight excluding hydrogens is 264 g/mol. The lowest BCUT2D eigenvalue weighted by Gasteiger charge is -2.19. The van der Waals surface area contributed by atoms with Crippen LogP contribution in [0, 0.1) is 6.92 Å². The highest BCUT2D eigenvalue weighted by atomic mass is 16.5. The molecule has 2 aliphatic heterocycles. The smallest absolute Gasteiger partial charge is 0.0679 e. The molecule has 1 aromatic rings. The summed E-state index contributed by atoms with van der Waals surface area (Å²) in [6.07, 6.45) is 1.82. The molecule has 0 spiro atoms. The van der Waals surface area contributed by atoms with Crippen LogP contribution < -0.4 is 0 Å². The van der Waals surface area contributed by atoms with Gasteiger partial charge in [0.15, 0.2) is 0 Å². The van der Waals surface area contributed by atoms with Gasteiger partial charge >= 0.3 is 0 Å². The van der Waals surface area contributed by atoms with Crippen molar-refractivity contribution < 1.29 is 9.84 Å². The van der Waals surface area contributed by atoms with Crippen LogP contribution in [0.25, 0.3) is 0 Å². The van der Waals surface area contributed by atoms with Crippen LogP contribution in [-0.4, -0.2) is 47.4 Å². The van der Waals surface area contributed by atoms with E-state index in [9.17, 15) is 5.11 Å². The van der Waals surface area contributed by atoms with Crippen molar-refractivity contribution in [2.45, 2.75) is 52.2 Å². The Bertz CT molecular complexity index is 444. The van der Waals surface area contributed by atoms with Gasteiger partial charge in [0.05, 0.1) is 18.4 Å². The third-order valence-electron chi connectivity index (χ3n) is 4.14. The summed E-state index contributed by atoms with van der Waals surface area (Å²) in [6.45, 7) is 10.3. The summed E-state index contributed by atoms with van der Waals surface area (Å²) in [6, 6.07) is 4.31. The second-order valence-electron chi connectivity index (χ2n) is 5.73. The van der Waals surface area contributed by atoms with Crippen LogP contribution in [0.15, 0.2) is 12.1 Å². The average molecular weight is 292 g/mol. The number of aryl methyl sites for hydroxylation is 1. The molecule has 0 aliphatic carbocycles. The zero-order valence-corrected chi connectivity index (χ0v) is 13.5. The van der Waals surface area contributed by atoms with Crippen LogP contribution in [0.3, 0.4) is 0 Å². The van der Waals surface area contributed by atoms with E-state index < -0.39 is 0 Å². The fourth-order valence-electron chi connectivity index (χ4n) is 3.07. The third kappa shape index (κ3) is 4.25. The quantitative estimate of drug-likeness (QED) is 0.929. The lowest BCUT2D eigenvalue weighted by atomic mass is 9.96. The van der Waals surface area contributed by atoms with Crippen molar-refractivity contribution in [3.05, 3.63) is 29.1 Å². The first kappa shape index (κ1) is 16.4. The van der Waals surface area contributed by atoms with E-state index in [1.54, 1.807) is 0 Å². The predicted octanol–water partition coefficient (Wildman–Crippen LogP) is 2.49. The maximum absolute atomic E-state index is 9.63. The van der Waals surface area contributed by atoms with Gasteiger partial charge in [0, 0.05) is 37.9 Å². The molecule has 1 aromatic heterocycles. The number of pyridine rings is 1. The first-order chi connectivity index (χ1) is 10.2. The van der Waals surface area contributed by atoms with Gasteiger partial charge in [-0.1, -0.05) is 19.9 Å². The lowest BCUT2D eigenvalue weighted by molar-refractivity contribution is 0.174. The van der Waals surface area contributed by atoms with Crippen molar-refractivity contribution in [3.63, 3.8) is 0 Å². The molecule has 4 nitrogen and oxygen atoms in total. The van der Waals surface area contributed by atoms with Crippen molar-refractivity contribution >= 4 is 0 Å². The van der Waals surface area contributed by atoms with Crippen molar-refractivity contribution in [2.75, 3.05) is 26.3 Å². The maximum atomic E-state index is 9.63. The van der Waals surface area contributed by atoms with Gasteiger partial charge in [-0.25, -0.2) is 0 Å². The minimum atomic E-state index is -0.164. The molecule has 2 fully saturated rings. The summed E-state index contributed by atoms with van der Waals surface area (Å²) < 4.78 is 5.50. The normalized spacial score (nSPS) is 25.7. The van der Waals surface area contributed by atoms with E-state index in [1.165, 1.54) is 11.3 Å². The number of aliphatic hydroxyl groups is 1. The highest BCUT2D eigenvalue weighted by Crippen LogP contribution is 2.28. The highest BCUT2D eigenvalue weighted by molar-refractivity contribution is 5.27. The van der Waals surface area contributed by atoms with Crippen LogP contribution >= 0.6 is 0 Å². The first-order valence-corrected chi connectivity index (χ1v) is 8.17. The second-order valence-corrected chi connectivity index (χ2v) is 5.73. The molecule has 2 atom stereocenters. The van der Waals surface area contributed by atoms with Crippen molar-refractivity contribution in [3.8, 4) is 0 Å². The van der Waals surface area contributed by atoms with E-state index in [-0.39, 0.29) is 6.10 Å². The molecule has 0 saturated carbocycles. The SMILES string of the molecule is CC.Cc1ccc(C2CCOC2)c(CN2CCC(O)C2)n1. The summed E-state index contributed by atoms with van der Waals surface area (Å²) in [5.74, 6) is 0.496. The van der Waals surface area contributed by atoms with Gasteiger partial charge in [-0.2, -0.15) is 0 Å². The molecule has 2 saturated heterocycles. The van der Waals surface area contributed by atoms with E-state index in [2.05, 4.69) is 17.0 Å². The Morgan fingerprint density at radius 2 is 2.14 bits per heavy atom. The van der Waals surface area contributed by atoms with Gasteiger partial charge in [-0.05, 0) is 31.4 Å². The predicted molar refractivity (Wildman–Crippen MR) is 84.4 cm³/mol. The van der Waals surface area contributed by atoms with Crippen molar-refractivity contribution in [2.24, 2.45) is 0 Å². The van der Waals surface area contributed by atoms with Crippen LogP contribution in [0.2, 0.25) is 0 Å². The Morgan fingerprint density at radius 1 is 1.33 bits per heavy atom. The van der Waals surface area contributed by atoms with Gasteiger partial charge < -0.3 is 9.84 Å². The number of rotatable bonds is 3. The summed E-state index contributed by atoms with van der Waals surface area (Å²) in [7, 11) is 0. The molecule has 3 heterocycles. The minimum Gasteiger partial charge on any atom is -0.392 e. The molecule has 118 valence electrons.